The first-order chi connectivity index (χ1) is 14.1. The number of amides is 1. The van der Waals surface area contributed by atoms with Crippen molar-refractivity contribution in [3.05, 3.63) is 53.4 Å². The monoisotopic (exact) mass is 412 g/mol. The Kier molecular flexibility index (Phi) is 7.08. The SMILES string of the molecule is CCOc1ccc(OCCC(=O)Nc2nc(-c3ccc(OC)cc3)c(C)s2)cc1. The van der Waals surface area contributed by atoms with Crippen molar-refractivity contribution in [1.82, 2.24) is 4.98 Å². The van der Waals surface area contributed by atoms with E-state index in [9.17, 15) is 4.79 Å². The van der Waals surface area contributed by atoms with Crippen LogP contribution in [-0.4, -0.2) is 31.2 Å². The van der Waals surface area contributed by atoms with Crippen molar-refractivity contribution >= 4 is 22.4 Å². The number of benzene rings is 2. The summed E-state index contributed by atoms with van der Waals surface area (Å²) < 4.78 is 16.2. The summed E-state index contributed by atoms with van der Waals surface area (Å²) in [6.07, 6.45) is 0.240. The molecule has 0 aliphatic heterocycles. The van der Waals surface area contributed by atoms with Gasteiger partial charge < -0.3 is 19.5 Å². The lowest BCUT2D eigenvalue weighted by molar-refractivity contribution is -0.116. The summed E-state index contributed by atoms with van der Waals surface area (Å²) in [5.74, 6) is 2.16. The van der Waals surface area contributed by atoms with E-state index in [1.54, 1.807) is 7.11 Å². The highest BCUT2D eigenvalue weighted by atomic mass is 32.1. The fraction of sp³-hybridized carbons (Fsp3) is 0.273. The number of carbonyl (C=O) groups excluding carboxylic acids is 1. The number of anilines is 1. The van der Waals surface area contributed by atoms with Crippen LogP contribution >= 0.6 is 11.3 Å². The second kappa shape index (κ2) is 9.93. The van der Waals surface area contributed by atoms with Gasteiger partial charge in [0, 0.05) is 10.4 Å². The predicted molar refractivity (Wildman–Crippen MR) is 115 cm³/mol. The third-order valence-corrected chi connectivity index (χ3v) is 5.03. The Morgan fingerprint density at radius 2 is 1.62 bits per heavy atom. The lowest BCUT2D eigenvalue weighted by atomic mass is 10.1. The van der Waals surface area contributed by atoms with Gasteiger partial charge in [-0.25, -0.2) is 4.98 Å². The van der Waals surface area contributed by atoms with E-state index in [1.807, 2.05) is 62.4 Å². The first kappa shape index (κ1) is 20.7. The third kappa shape index (κ3) is 5.71. The molecule has 2 aromatic carbocycles. The molecule has 0 aliphatic rings. The van der Waals surface area contributed by atoms with Crippen LogP contribution in [0.15, 0.2) is 48.5 Å². The average Bonchev–Trinajstić information content (AvgIpc) is 3.09. The molecular formula is C22H24N2O4S. The number of nitrogens with zero attached hydrogens (tertiary/aromatic N) is 1. The van der Waals surface area contributed by atoms with E-state index in [4.69, 9.17) is 14.2 Å². The Balaban J connectivity index is 1.51. The Bertz CT molecular complexity index is 936. The minimum atomic E-state index is -0.133. The van der Waals surface area contributed by atoms with E-state index in [0.29, 0.717) is 17.5 Å². The molecule has 1 aromatic heterocycles. The van der Waals surface area contributed by atoms with Gasteiger partial charge in [0.15, 0.2) is 5.13 Å². The molecule has 7 heteroatoms. The summed E-state index contributed by atoms with van der Waals surface area (Å²) in [6, 6.07) is 15.0. The first-order valence-corrected chi connectivity index (χ1v) is 10.2. The molecule has 152 valence electrons. The smallest absolute Gasteiger partial charge is 0.229 e. The van der Waals surface area contributed by atoms with Crippen molar-refractivity contribution in [3.8, 4) is 28.5 Å². The second-order valence-electron chi connectivity index (χ2n) is 6.20. The highest BCUT2D eigenvalue weighted by Gasteiger charge is 2.12. The summed E-state index contributed by atoms with van der Waals surface area (Å²) >= 11 is 1.45. The van der Waals surface area contributed by atoms with Crippen molar-refractivity contribution in [1.29, 1.82) is 0 Å². The zero-order valence-corrected chi connectivity index (χ0v) is 17.5. The fourth-order valence-electron chi connectivity index (χ4n) is 2.71. The highest BCUT2D eigenvalue weighted by Crippen LogP contribution is 2.31. The second-order valence-corrected chi connectivity index (χ2v) is 7.41. The van der Waals surface area contributed by atoms with Crippen LogP contribution in [0.3, 0.4) is 0 Å². The number of hydrogen-bond donors (Lipinski definition) is 1. The van der Waals surface area contributed by atoms with Crippen LogP contribution in [0.1, 0.15) is 18.2 Å². The molecule has 0 fully saturated rings. The van der Waals surface area contributed by atoms with Gasteiger partial charge in [-0.05, 0) is 62.4 Å². The molecule has 6 nitrogen and oxygen atoms in total. The lowest BCUT2D eigenvalue weighted by Crippen LogP contribution is -2.15. The number of rotatable bonds is 9. The predicted octanol–water partition coefficient (Wildman–Crippen LogP) is 4.93. The topological polar surface area (TPSA) is 69.7 Å². The van der Waals surface area contributed by atoms with Gasteiger partial charge in [0.1, 0.15) is 17.2 Å². The normalized spacial score (nSPS) is 10.4. The summed E-state index contributed by atoms with van der Waals surface area (Å²) in [4.78, 5) is 17.8. The van der Waals surface area contributed by atoms with Crippen molar-refractivity contribution in [2.45, 2.75) is 20.3 Å². The van der Waals surface area contributed by atoms with E-state index in [2.05, 4.69) is 10.3 Å². The van der Waals surface area contributed by atoms with Crippen molar-refractivity contribution in [2.75, 3.05) is 25.6 Å². The lowest BCUT2D eigenvalue weighted by Gasteiger charge is -2.07. The molecule has 0 spiro atoms. The molecule has 0 unspecified atom stereocenters. The molecule has 0 bridgehead atoms. The number of hydrogen-bond acceptors (Lipinski definition) is 6. The number of ether oxygens (including phenoxy) is 3. The molecule has 29 heavy (non-hydrogen) atoms. The maximum Gasteiger partial charge on any atom is 0.229 e. The fourth-order valence-corrected chi connectivity index (χ4v) is 3.56. The molecular weight excluding hydrogens is 388 g/mol. The van der Waals surface area contributed by atoms with Crippen LogP contribution in [0.4, 0.5) is 5.13 Å². The minimum Gasteiger partial charge on any atom is -0.497 e. The molecule has 0 radical (unpaired) electrons. The van der Waals surface area contributed by atoms with Gasteiger partial charge in [0.2, 0.25) is 5.91 Å². The standard InChI is InChI=1S/C22H24N2O4S/c1-4-27-18-9-11-19(12-10-18)28-14-13-20(25)23-22-24-21(15(2)29-22)16-5-7-17(26-3)8-6-16/h5-12H,4,13-14H2,1-3H3,(H,23,24,25). The van der Waals surface area contributed by atoms with Gasteiger partial charge in [-0.3, -0.25) is 4.79 Å². The van der Waals surface area contributed by atoms with Crippen LogP contribution < -0.4 is 19.5 Å². The molecule has 0 saturated heterocycles. The number of aryl methyl sites for hydroxylation is 1. The van der Waals surface area contributed by atoms with Gasteiger partial charge in [-0.1, -0.05) is 0 Å². The van der Waals surface area contributed by atoms with Crippen LogP contribution in [0.2, 0.25) is 0 Å². The molecule has 0 saturated carbocycles. The molecule has 3 aromatic rings. The largest absolute Gasteiger partial charge is 0.497 e. The van der Waals surface area contributed by atoms with Gasteiger partial charge in [0.25, 0.3) is 0 Å². The van der Waals surface area contributed by atoms with E-state index in [1.165, 1.54) is 11.3 Å². The summed E-state index contributed by atoms with van der Waals surface area (Å²) in [6.45, 7) is 4.83. The molecule has 1 N–H and O–H groups in total. The minimum absolute atomic E-state index is 0.133. The summed E-state index contributed by atoms with van der Waals surface area (Å²) in [5.41, 5.74) is 1.84. The molecule has 0 aliphatic carbocycles. The van der Waals surface area contributed by atoms with E-state index in [-0.39, 0.29) is 18.9 Å². The van der Waals surface area contributed by atoms with Gasteiger partial charge in [0.05, 0.1) is 32.4 Å². The summed E-state index contributed by atoms with van der Waals surface area (Å²) in [5, 5.41) is 3.43. The molecule has 3 rings (SSSR count). The maximum absolute atomic E-state index is 12.2. The van der Waals surface area contributed by atoms with Crippen LogP contribution in [0, 0.1) is 6.92 Å². The van der Waals surface area contributed by atoms with E-state index < -0.39 is 0 Å². The van der Waals surface area contributed by atoms with Crippen LogP contribution in [0.5, 0.6) is 17.2 Å². The van der Waals surface area contributed by atoms with Gasteiger partial charge in [-0.2, -0.15) is 0 Å². The Hall–Kier alpha value is -3.06. The Morgan fingerprint density at radius 1 is 1.00 bits per heavy atom. The number of thiazole rings is 1. The zero-order valence-electron chi connectivity index (χ0n) is 16.7. The van der Waals surface area contributed by atoms with Gasteiger partial charge in [-0.15, -0.1) is 11.3 Å². The van der Waals surface area contributed by atoms with E-state index >= 15 is 0 Å². The number of aromatic nitrogens is 1. The van der Waals surface area contributed by atoms with Crippen molar-refractivity contribution in [3.63, 3.8) is 0 Å². The van der Waals surface area contributed by atoms with E-state index in [0.717, 1.165) is 27.6 Å². The average molecular weight is 413 g/mol. The first-order valence-electron chi connectivity index (χ1n) is 9.36. The Morgan fingerprint density at radius 3 is 2.24 bits per heavy atom. The van der Waals surface area contributed by atoms with Gasteiger partial charge >= 0.3 is 0 Å². The third-order valence-electron chi connectivity index (χ3n) is 4.14. The zero-order chi connectivity index (χ0) is 20.6. The highest BCUT2D eigenvalue weighted by molar-refractivity contribution is 7.16. The summed E-state index contributed by atoms with van der Waals surface area (Å²) in [7, 11) is 1.64. The number of nitrogens with one attached hydrogen (secondary N) is 1. The maximum atomic E-state index is 12.2. The quantitative estimate of drug-likeness (QED) is 0.539. The van der Waals surface area contributed by atoms with Crippen LogP contribution in [-0.2, 0) is 4.79 Å². The molecule has 1 heterocycles. The number of methoxy groups -OCH3 is 1. The van der Waals surface area contributed by atoms with Crippen molar-refractivity contribution in [2.24, 2.45) is 0 Å². The molecule has 1 amide bonds. The number of carbonyl (C=O) groups is 1. The van der Waals surface area contributed by atoms with Crippen LogP contribution in [0.25, 0.3) is 11.3 Å². The van der Waals surface area contributed by atoms with Crippen molar-refractivity contribution < 1.29 is 19.0 Å². The Labute approximate surface area is 174 Å². The molecule has 0 atom stereocenters.